The van der Waals surface area contributed by atoms with Crippen molar-refractivity contribution >= 4 is 15.7 Å². The van der Waals surface area contributed by atoms with E-state index in [1.165, 1.54) is 42.5 Å². The van der Waals surface area contributed by atoms with Crippen molar-refractivity contribution in [1.29, 1.82) is 0 Å². The highest BCUT2D eigenvalue weighted by Gasteiger charge is 2.31. The Morgan fingerprint density at radius 2 is 1.72 bits per heavy atom. The number of halogens is 3. The summed E-state index contributed by atoms with van der Waals surface area (Å²) in [5.41, 5.74) is 0.209. The van der Waals surface area contributed by atoms with Crippen LogP contribution in [0.2, 0.25) is 0 Å². The molecule has 0 unspecified atom stereocenters. The summed E-state index contributed by atoms with van der Waals surface area (Å²) in [6.07, 6.45) is -3.21. The quantitative estimate of drug-likeness (QED) is 0.615. The van der Waals surface area contributed by atoms with E-state index in [-0.39, 0.29) is 41.7 Å². The Morgan fingerprint density at radius 1 is 1.07 bits per heavy atom. The minimum atomic E-state index is -4.81. The first kappa shape index (κ1) is 22.5. The lowest BCUT2D eigenvalue weighted by Crippen LogP contribution is -2.24. The summed E-state index contributed by atoms with van der Waals surface area (Å²) in [5, 5.41) is 2.54. The minimum absolute atomic E-state index is 0.0983. The fraction of sp³-hybridized carbons (Fsp3) is 0.316. The van der Waals surface area contributed by atoms with Gasteiger partial charge in [-0.3, -0.25) is 4.79 Å². The highest BCUT2D eigenvalue weighted by molar-refractivity contribution is 7.90. The number of rotatable bonds is 9. The molecule has 2 rings (SSSR count). The van der Waals surface area contributed by atoms with Crippen LogP contribution in [0.1, 0.15) is 18.4 Å². The molecule has 0 radical (unpaired) electrons. The van der Waals surface area contributed by atoms with Crippen molar-refractivity contribution in [3.8, 4) is 11.5 Å². The molecule has 0 spiro atoms. The molecule has 0 fully saturated rings. The molecule has 0 aromatic heterocycles. The van der Waals surface area contributed by atoms with Crippen molar-refractivity contribution < 1.29 is 35.9 Å². The van der Waals surface area contributed by atoms with E-state index in [4.69, 9.17) is 4.74 Å². The van der Waals surface area contributed by atoms with E-state index in [1.807, 2.05) is 0 Å². The van der Waals surface area contributed by atoms with Crippen molar-refractivity contribution in [2.45, 2.75) is 30.6 Å². The van der Waals surface area contributed by atoms with Gasteiger partial charge in [0.05, 0.1) is 11.5 Å². The molecule has 0 aliphatic heterocycles. The van der Waals surface area contributed by atoms with Crippen molar-refractivity contribution in [1.82, 2.24) is 5.32 Å². The number of ether oxygens (including phenoxy) is 2. The van der Waals surface area contributed by atoms with Crippen molar-refractivity contribution in [2.24, 2.45) is 0 Å². The van der Waals surface area contributed by atoms with Crippen molar-refractivity contribution in [2.75, 3.05) is 12.9 Å². The fourth-order valence-electron chi connectivity index (χ4n) is 2.36. The van der Waals surface area contributed by atoms with Crippen LogP contribution in [-0.4, -0.2) is 33.5 Å². The van der Waals surface area contributed by atoms with Gasteiger partial charge in [0.25, 0.3) is 0 Å². The predicted molar refractivity (Wildman–Crippen MR) is 99.3 cm³/mol. The van der Waals surface area contributed by atoms with Gasteiger partial charge >= 0.3 is 6.36 Å². The topological polar surface area (TPSA) is 81.7 Å². The molecule has 10 heteroatoms. The van der Waals surface area contributed by atoms with E-state index in [0.29, 0.717) is 12.2 Å². The SMILES string of the molecule is CS(=O)(=O)c1ccc(OCCCC(=O)NCc2ccccc2OC(F)(F)F)cc1. The number of alkyl halides is 3. The standard InChI is InChI=1S/C19H20F3NO5S/c1-29(25,26)16-10-8-15(9-11-16)27-12-4-7-18(24)23-13-14-5-2-3-6-17(14)28-19(20,21)22/h2-3,5-6,8-11H,4,7,12-13H2,1H3,(H,23,24). The van der Waals surface area contributed by atoms with E-state index in [0.717, 1.165) is 6.26 Å². The van der Waals surface area contributed by atoms with Gasteiger partial charge in [0.15, 0.2) is 9.84 Å². The third-order valence-corrected chi connectivity index (χ3v) is 4.87. The third kappa shape index (κ3) is 8.02. The molecule has 2 aromatic rings. The summed E-state index contributed by atoms with van der Waals surface area (Å²) in [5.74, 6) is -0.236. The van der Waals surface area contributed by atoms with Crippen LogP contribution in [0.3, 0.4) is 0 Å². The number of sulfone groups is 1. The van der Waals surface area contributed by atoms with E-state index in [1.54, 1.807) is 6.07 Å². The first-order chi connectivity index (χ1) is 13.5. The monoisotopic (exact) mass is 431 g/mol. The van der Waals surface area contributed by atoms with Gasteiger partial charge in [-0.05, 0) is 36.8 Å². The molecule has 6 nitrogen and oxygen atoms in total. The van der Waals surface area contributed by atoms with Crippen LogP contribution in [0.15, 0.2) is 53.4 Å². The maximum Gasteiger partial charge on any atom is 0.573 e. The molecule has 0 saturated heterocycles. The molecule has 2 aromatic carbocycles. The smallest absolute Gasteiger partial charge is 0.494 e. The van der Waals surface area contributed by atoms with Gasteiger partial charge in [0, 0.05) is 24.8 Å². The lowest BCUT2D eigenvalue weighted by atomic mass is 10.2. The average Bonchev–Trinajstić information content (AvgIpc) is 2.63. The third-order valence-electron chi connectivity index (χ3n) is 3.74. The molecule has 29 heavy (non-hydrogen) atoms. The van der Waals surface area contributed by atoms with Gasteiger partial charge in [-0.2, -0.15) is 0 Å². The molecule has 1 N–H and O–H groups in total. The van der Waals surface area contributed by atoms with Crippen LogP contribution < -0.4 is 14.8 Å². The maximum atomic E-state index is 12.4. The molecule has 0 aliphatic carbocycles. The number of amides is 1. The van der Waals surface area contributed by atoms with E-state index >= 15 is 0 Å². The van der Waals surface area contributed by atoms with Crippen LogP contribution in [0, 0.1) is 0 Å². The molecule has 1 amide bonds. The number of benzene rings is 2. The fourth-order valence-corrected chi connectivity index (χ4v) is 2.99. The highest BCUT2D eigenvalue weighted by Crippen LogP contribution is 2.26. The van der Waals surface area contributed by atoms with E-state index in [2.05, 4.69) is 10.1 Å². The normalized spacial score (nSPS) is 11.7. The second kappa shape index (κ2) is 9.64. The van der Waals surface area contributed by atoms with E-state index in [9.17, 15) is 26.4 Å². The lowest BCUT2D eigenvalue weighted by Gasteiger charge is -2.13. The van der Waals surface area contributed by atoms with Crippen LogP contribution in [0.4, 0.5) is 13.2 Å². The van der Waals surface area contributed by atoms with Gasteiger partial charge in [-0.25, -0.2) is 8.42 Å². The van der Waals surface area contributed by atoms with E-state index < -0.39 is 16.2 Å². The van der Waals surface area contributed by atoms with Crippen molar-refractivity contribution in [3.63, 3.8) is 0 Å². The predicted octanol–water partition coefficient (Wildman–Crippen LogP) is 3.46. The van der Waals surface area contributed by atoms with Crippen LogP contribution in [-0.2, 0) is 21.2 Å². The number of hydrogen-bond donors (Lipinski definition) is 1. The molecule has 0 saturated carbocycles. The zero-order valence-electron chi connectivity index (χ0n) is 15.5. The number of carbonyl (C=O) groups is 1. The summed E-state index contributed by atoms with van der Waals surface area (Å²) >= 11 is 0. The second-order valence-corrected chi connectivity index (χ2v) is 8.14. The summed E-state index contributed by atoms with van der Waals surface area (Å²) in [6, 6.07) is 11.5. The van der Waals surface area contributed by atoms with Gasteiger partial charge in [-0.1, -0.05) is 18.2 Å². The first-order valence-electron chi connectivity index (χ1n) is 8.58. The Morgan fingerprint density at radius 3 is 2.34 bits per heavy atom. The Bertz CT molecular complexity index is 928. The molecule has 158 valence electrons. The molecule has 0 heterocycles. The lowest BCUT2D eigenvalue weighted by molar-refractivity contribution is -0.274. The summed E-state index contributed by atoms with van der Waals surface area (Å²) < 4.78 is 69.3. The molecular weight excluding hydrogens is 411 g/mol. The Kier molecular flexibility index (Phi) is 7.49. The van der Waals surface area contributed by atoms with Gasteiger partial charge in [-0.15, -0.1) is 13.2 Å². The molecule has 0 atom stereocenters. The minimum Gasteiger partial charge on any atom is -0.494 e. The van der Waals surface area contributed by atoms with Crippen LogP contribution >= 0.6 is 0 Å². The Balaban J connectivity index is 1.74. The number of para-hydroxylation sites is 1. The van der Waals surface area contributed by atoms with Crippen LogP contribution in [0.5, 0.6) is 11.5 Å². The number of nitrogens with one attached hydrogen (secondary N) is 1. The maximum absolute atomic E-state index is 12.4. The van der Waals surface area contributed by atoms with Gasteiger partial charge in [0.2, 0.25) is 5.91 Å². The van der Waals surface area contributed by atoms with Gasteiger partial charge < -0.3 is 14.8 Å². The summed E-state index contributed by atoms with van der Waals surface area (Å²) in [7, 11) is -3.28. The first-order valence-corrected chi connectivity index (χ1v) is 10.5. The summed E-state index contributed by atoms with van der Waals surface area (Å²) in [4.78, 5) is 12.1. The Labute approximate surface area is 166 Å². The molecular formula is C19H20F3NO5S. The van der Waals surface area contributed by atoms with Gasteiger partial charge in [0.1, 0.15) is 11.5 Å². The Hall–Kier alpha value is -2.75. The largest absolute Gasteiger partial charge is 0.573 e. The summed E-state index contributed by atoms with van der Waals surface area (Å²) in [6.45, 7) is 0.123. The van der Waals surface area contributed by atoms with Crippen molar-refractivity contribution in [3.05, 3.63) is 54.1 Å². The highest BCUT2D eigenvalue weighted by atomic mass is 32.2. The second-order valence-electron chi connectivity index (χ2n) is 6.13. The zero-order chi connectivity index (χ0) is 21.5. The number of carbonyl (C=O) groups excluding carboxylic acids is 1. The molecule has 0 bridgehead atoms. The average molecular weight is 431 g/mol. The number of hydrogen-bond acceptors (Lipinski definition) is 5. The van der Waals surface area contributed by atoms with Crippen LogP contribution in [0.25, 0.3) is 0 Å². The molecule has 0 aliphatic rings. The zero-order valence-corrected chi connectivity index (χ0v) is 16.3.